The zero-order valence-corrected chi connectivity index (χ0v) is 13.1. The monoisotopic (exact) mass is 322 g/mol. The van der Waals surface area contributed by atoms with E-state index in [1.54, 1.807) is 12.1 Å². The average Bonchev–Trinajstić information content (AvgIpc) is 3.08. The minimum Gasteiger partial charge on any atom is -0.437 e. The first-order valence-corrected chi connectivity index (χ1v) is 7.48. The van der Waals surface area contributed by atoms with Crippen molar-refractivity contribution < 1.29 is 8.94 Å². The topological polar surface area (TPSA) is 108 Å². The van der Waals surface area contributed by atoms with Gasteiger partial charge in [0.05, 0.1) is 16.3 Å². The number of rotatable bonds is 2. The summed E-state index contributed by atoms with van der Waals surface area (Å²) >= 11 is 0. The third kappa shape index (κ3) is 2.13. The Morgan fingerprint density at radius 1 is 1.17 bits per heavy atom. The Bertz CT molecular complexity index is 1110. The van der Waals surface area contributed by atoms with E-state index in [4.69, 9.17) is 14.7 Å². The number of nitrogens with two attached hydrogens (primary N) is 1. The summed E-state index contributed by atoms with van der Waals surface area (Å²) in [4.78, 5) is 21.0. The first-order chi connectivity index (χ1) is 11.5. The first kappa shape index (κ1) is 14.4. The molecule has 0 spiro atoms. The molecule has 24 heavy (non-hydrogen) atoms. The fourth-order valence-corrected chi connectivity index (χ4v) is 2.64. The summed E-state index contributed by atoms with van der Waals surface area (Å²) in [6.07, 6.45) is 1.19. The first-order valence-electron chi connectivity index (χ1n) is 7.48. The molecule has 0 saturated carbocycles. The number of hydrogen-bond donors (Lipinski definition) is 1. The number of hydrogen-bond acceptors (Lipinski definition) is 7. The minimum atomic E-state index is -0.161. The van der Waals surface area contributed by atoms with Gasteiger partial charge in [0.15, 0.2) is 0 Å². The summed E-state index contributed by atoms with van der Waals surface area (Å²) in [6.45, 7) is 4.14. The van der Waals surface area contributed by atoms with Crippen molar-refractivity contribution in [2.45, 2.75) is 19.8 Å². The van der Waals surface area contributed by atoms with Crippen molar-refractivity contribution in [1.82, 2.24) is 15.1 Å². The second kappa shape index (κ2) is 5.16. The van der Waals surface area contributed by atoms with Gasteiger partial charge in [-0.3, -0.25) is 4.79 Å². The predicted octanol–water partition coefficient (Wildman–Crippen LogP) is 3.10. The quantitative estimate of drug-likeness (QED) is 0.565. The van der Waals surface area contributed by atoms with E-state index in [1.807, 2.05) is 12.1 Å². The molecular weight excluding hydrogens is 308 g/mol. The summed E-state index contributed by atoms with van der Waals surface area (Å²) in [7, 11) is 0. The predicted molar refractivity (Wildman–Crippen MR) is 89.6 cm³/mol. The van der Waals surface area contributed by atoms with Crippen LogP contribution >= 0.6 is 0 Å². The molecule has 7 nitrogen and oxygen atoms in total. The molecule has 0 aliphatic carbocycles. The minimum absolute atomic E-state index is 0.161. The number of aromatic nitrogens is 3. The second-order valence-electron chi connectivity index (χ2n) is 5.87. The van der Waals surface area contributed by atoms with Gasteiger partial charge < -0.3 is 14.7 Å². The SMILES string of the molecule is CC(C)c1ccc2oc3nc(N)c(-c4ncon4)cc3c(=O)c2c1. The third-order valence-electron chi connectivity index (χ3n) is 3.99. The number of anilines is 1. The van der Waals surface area contributed by atoms with E-state index in [-0.39, 0.29) is 22.8 Å². The van der Waals surface area contributed by atoms with Crippen LogP contribution < -0.4 is 11.2 Å². The molecule has 0 amide bonds. The maximum atomic E-state index is 12.9. The molecule has 0 aliphatic heterocycles. The molecule has 0 atom stereocenters. The molecule has 1 aromatic carbocycles. The average molecular weight is 322 g/mol. The highest BCUT2D eigenvalue weighted by Gasteiger charge is 2.16. The fraction of sp³-hybridized carbons (Fsp3) is 0.176. The maximum Gasteiger partial charge on any atom is 0.232 e. The van der Waals surface area contributed by atoms with E-state index in [1.165, 1.54) is 6.39 Å². The molecule has 3 aromatic heterocycles. The van der Waals surface area contributed by atoms with Crippen LogP contribution in [0.3, 0.4) is 0 Å². The van der Waals surface area contributed by atoms with E-state index in [9.17, 15) is 4.79 Å². The summed E-state index contributed by atoms with van der Waals surface area (Å²) in [5.74, 6) is 0.756. The summed E-state index contributed by atoms with van der Waals surface area (Å²) in [5, 5.41) is 4.59. The molecule has 4 aromatic rings. The van der Waals surface area contributed by atoms with Crippen LogP contribution in [0.5, 0.6) is 0 Å². The number of nitrogen functional groups attached to an aromatic ring is 1. The molecule has 120 valence electrons. The smallest absolute Gasteiger partial charge is 0.232 e. The Morgan fingerprint density at radius 3 is 2.71 bits per heavy atom. The van der Waals surface area contributed by atoms with Crippen LogP contribution in [0.15, 0.2) is 44.4 Å². The van der Waals surface area contributed by atoms with E-state index >= 15 is 0 Å². The summed E-state index contributed by atoms with van der Waals surface area (Å²) in [6, 6.07) is 7.18. The Labute approximate surface area is 136 Å². The molecule has 0 aliphatic rings. The van der Waals surface area contributed by atoms with Crippen LogP contribution in [-0.4, -0.2) is 15.1 Å². The van der Waals surface area contributed by atoms with Crippen LogP contribution in [0, 0.1) is 0 Å². The van der Waals surface area contributed by atoms with Gasteiger partial charge in [-0.05, 0) is 29.7 Å². The molecule has 4 rings (SSSR count). The lowest BCUT2D eigenvalue weighted by Gasteiger charge is -2.08. The molecule has 2 N–H and O–H groups in total. The fourth-order valence-electron chi connectivity index (χ4n) is 2.64. The van der Waals surface area contributed by atoms with E-state index < -0.39 is 0 Å². The van der Waals surface area contributed by atoms with Crippen LogP contribution in [0.4, 0.5) is 5.82 Å². The molecular formula is C17H14N4O3. The molecule has 0 unspecified atom stereocenters. The van der Waals surface area contributed by atoms with Crippen LogP contribution in [-0.2, 0) is 0 Å². The molecule has 0 fully saturated rings. The maximum absolute atomic E-state index is 12.9. The lowest BCUT2D eigenvalue weighted by molar-refractivity contribution is 0.419. The normalized spacial score (nSPS) is 11.6. The second-order valence-corrected chi connectivity index (χ2v) is 5.87. The zero-order chi connectivity index (χ0) is 16.8. The van der Waals surface area contributed by atoms with Gasteiger partial charge in [0, 0.05) is 0 Å². The van der Waals surface area contributed by atoms with Crippen molar-refractivity contribution in [1.29, 1.82) is 0 Å². The van der Waals surface area contributed by atoms with Gasteiger partial charge in [-0.2, -0.15) is 9.97 Å². The summed E-state index contributed by atoms with van der Waals surface area (Å²) < 4.78 is 10.5. The van der Waals surface area contributed by atoms with Crippen molar-refractivity contribution >= 4 is 27.9 Å². The Hall–Kier alpha value is -3.22. The molecule has 0 saturated heterocycles. The Balaban J connectivity index is 2.06. The van der Waals surface area contributed by atoms with Gasteiger partial charge in [-0.15, -0.1) is 0 Å². The van der Waals surface area contributed by atoms with Crippen molar-refractivity contribution in [2.75, 3.05) is 5.73 Å². The number of fused-ring (bicyclic) bond motifs is 2. The van der Waals surface area contributed by atoms with Gasteiger partial charge in [0.1, 0.15) is 11.4 Å². The highest BCUT2D eigenvalue weighted by molar-refractivity contribution is 5.92. The lowest BCUT2D eigenvalue weighted by atomic mass is 10.0. The van der Waals surface area contributed by atoms with Gasteiger partial charge in [0.25, 0.3) is 0 Å². The van der Waals surface area contributed by atoms with Crippen molar-refractivity contribution in [3.63, 3.8) is 0 Å². The molecule has 0 bridgehead atoms. The molecule has 3 heterocycles. The van der Waals surface area contributed by atoms with Crippen molar-refractivity contribution in [3.8, 4) is 11.4 Å². The number of nitrogens with zero attached hydrogens (tertiary/aromatic N) is 3. The standard InChI is InChI=1S/C17H14N4O3/c1-8(2)9-3-4-13-10(5-9)14(22)11-6-12(16-19-7-23-21-16)15(18)20-17(11)24-13/h3-8H,1-2H3,(H2,18,20). The molecule has 0 radical (unpaired) electrons. The Kier molecular flexibility index (Phi) is 3.09. The van der Waals surface area contributed by atoms with Crippen molar-refractivity contribution in [2.24, 2.45) is 0 Å². The van der Waals surface area contributed by atoms with E-state index in [0.29, 0.717) is 27.8 Å². The number of pyridine rings is 1. The highest BCUT2D eigenvalue weighted by atomic mass is 16.5. The highest BCUT2D eigenvalue weighted by Crippen LogP contribution is 2.27. The molecule has 7 heteroatoms. The number of benzene rings is 1. The zero-order valence-electron chi connectivity index (χ0n) is 13.1. The van der Waals surface area contributed by atoms with Crippen LogP contribution in [0.25, 0.3) is 33.5 Å². The van der Waals surface area contributed by atoms with Crippen molar-refractivity contribution in [3.05, 3.63) is 46.4 Å². The van der Waals surface area contributed by atoms with Gasteiger partial charge in [-0.1, -0.05) is 25.1 Å². The van der Waals surface area contributed by atoms with Gasteiger partial charge >= 0.3 is 0 Å². The van der Waals surface area contributed by atoms with E-state index in [0.717, 1.165) is 5.56 Å². The van der Waals surface area contributed by atoms with Gasteiger partial charge in [0.2, 0.25) is 23.4 Å². The third-order valence-corrected chi connectivity index (χ3v) is 3.99. The van der Waals surface area contributed by atoms with Gasteiger partial charge in [-0.25, -0.2) is 0 Å². The van der Waals surface area contributed by atoms with Crippen LogP contribution in [0.1, 0.15) is 25.3 Å². The lowest BCUT2D eigenvalue weighted by Crippen LogP contribution is -2.06. The summed E-state index contributed by atoms with van der Waals surface area (Å²) in [5.41, 5.74) is 7.95. The Morgan fingerprint density at radius 2 is 2.00 bits per heavy atom. The van der Waals surface area contributed by atoms with Crippen LogP contribution in [0.2, 0.25) is 0 Å². The van der Waals surface area contributed by atoms with E-state index in [2.05, 4.69) is 29.0 Å². The largest absolute Gasteiger partial charge is 0.437 e.